The molecule has 0 aliphatic heterocycles. The Bertz CT molecular complexity index is 437. The normalized spacial score (nSPS) is 17.8. The van der Waals surface area contributed by atoms with Gasteiger partial charge in [0, 0.05) is 18.8 Å². The van der Waals surface area contributed by atoms with E-state index in [1.807, 2.05) is 13.0 Å². The number of hydrogen-bond acceptors (Lipinski definition) is 3. The first-order chi connectivity index (χ1) is 9.51. The van der Waals surface area contributed by atoms with Crippen molar-refractivity contribution in [2.75, 3.05) is 6.54 Å². The zero-order valence-corrected chi connectivity index (χ0v) is 13.1. The van der Waals surface area contributed by atoms with E-state index in [2.05, 4.69) is 24.1 Å². The molecule has 1 aliphatic rings. The van der Waals surface area contributed by atoms with Crippen LogP contribution in [0.1, 0.15) is 57.3 Å². The van der Waals surface area contributed by atoms with Gasteiger partial charge in [0.15, 0.2) is 0 Å². The molecule has 0 amide bonds. The van der Waals surface area contributed by atoms with Gasteiger partial charge in [-0.15, -0.1) is 0 Å². The fourth-order valence-electron chi connectivity index (χ4n) is 3.62. The Morgan fingerprint density at radius 2 is 2.00 bits per heavy atom. The van der Waals surface area contributed by atoms with E-state index in [9.17, 15) is 5.11 Å². The second-order valence-electron chi connectivity index (χ2n) is 6.83. The molecule has 2 N–H and O–H groups in total. The smallest absolute Gasteiger partial charge is 0.138 e. The molecule has 1 heterocycles. The minimum absolute atomic E-state index is 0.299. The summed E-state index contributed by atoms with van der Waals surface area (Å²) >= 11 is 0. The van der Waals surface area contributed by atoms with Crippen molar-refractivity contribution < 1.29 is 5.11 Å². The molecule has 3 nitrogen and oxygen atoms in total. The van der Waals surface area contributed by atoms with Crippen molar-refractivity contribution in [1.82, 2.24) is 10.3 Å². The lowest BCUT2D eigenvalue weighted by Gasteiger charge is -2.31. The highest BCUT2D eigenvalue weighted by molar-refractivity contribution is 5.27. The molecule has 0 saturated heterocycles. The van der Waals surface area contributed by atoms with Crippen LogP contribution in [0.3, 0.4) is 0 Å². The van der Waals surface area contributed by atoms with Crippen molar-refractivity contribution in [3.8, 4) is 5.75 Å². The van der Waals surface area contributed by atoms with Crippen LogP contribution in [0.2, 0.25) is 0 Å². The number of aryl methyl sites for hydroxylation is 1. The second kappa shape index (κ2) is 6.57. The maximum atomic E-state index is 9.83. The molecule has 1 fully saturated rings. The van der Waals surface area contributed by atoms with Crippen LogP contribution < -0.4 is 5.32 Å². The lowest BCUT2D eigenvalue weighted by Crippen LogP contribution is -2.33. The summed E-state index contributed by atoms with van der Waals surface area (Å²) in [5.41, 5.74) is 2.19. The summed E-state index contributed by atoms with van der Waals surface area (Å²) in [4.78, 5) is 4.41. The van der Waals surface area contributed by atoms with Gasteiger partial charge < -0.3 is 10.4 Å². The van der Waals surface area contributed by atoms with Crippen LogP contribution in [-0.2, 0) is 6.54 Å². The monoisotopic (exact) mass is 276 g/mol. The zero-order valence-electron chi connectivity index (χ0n) is 13.1. The minimum Gasteiger partial charge on any atom is -0.506 e. The Balaban J connectivity index is 1.91. The Morgan fingerprint density at radius 1 is 1.30 bits per heavy atom. The van der Waals surface area contributed by atoms with Gasteiger partial charge in [0.1, 0.15) is 5.75 Å². The summed E-state index contributed by atoms with van der Waals surface area (Å²) in [5, 5.41) is 13.4. The number of rotatable bonds is 6. The Morgan fingerprint density at radius 3 is 2.65 bits per heavy atom. The van der Waals surface area contributed by atoms with Crippen LogP contribution in [0.4, 0.5) is 0 Å². The van der Waals surface area contributed by atoms with Crippen molar-refractivity contribution in [1.29, 1.82) is 0 Å². The summed E-state index contributed by atoms with van der Waals surface area (Å²) < 4.78 is 0. The maximum Gasteiger partial charge on any atom is 0.138 e. The van der Waals surface area contributed by atoms with Crippen molar-refractivity contribution in [2.45, 2.75) is 59.4 Å². The number of nitrogens with one attached hydrogen (secondary N) is 1. The molecule has 112 valence electrons. The molecule has 0 unspecified atom stereocenters. The quantitative estimate of drug-likeness (QED) is 0.831. The third-order valence-electron chi connectivity index (χ3n) is 4.39. The summed E-state index contributed by atoms with van der Waals surface area (Å²) in [5.74, 6) is 1.05. The van der Waals surface area contributed by atoms with Crippen LogP contribution in [-0.4, -0.2) is 16.6 Å². The van der Waals surface area contributed by atoms with Crippen LogP contribution in [0.15, 0.2) is 12.1 Å². The number of pyridine rings is 1. The highest BCUT2D eigenvalue weighted by Crippen LogP contribution is 2.42. The first-order valence-electron chi connectivity index (χ1n) is 7.87. The fourth-order valence-corrected chi connectivity index (χ4v) is 3.62. The number of nitrogens with zero attached hydrogens (tertiary/aromatic N) is 1. The zero-order chi connectivity index (χ0) is 14.6. The van der Waals surface area contributed by atoms with E-state index >= 15 is 0 Å². The van der Waals surface area contributed by atoms with Gasteiger partial charge in [-0.2, -0.15) is 0 Å². The second-order valence-corrected chi connectivity index (χ2v) is 6.83. The molecule has 0 spiro atoms. The van der Waals surface area contributed by atoms with Crippen LogP contribution in [0, 0.1) is 18.3 Å². The van der Waals surface area contributed by atoms with Gasteiger partial charge in [0.25, 0.3) is 0 Å². The van der Waals surface area contributed by atoms with Crippen LogP contribution in [0.5, 0.6) is 5.75 Å². The highest BCUT2D eigenvalue weighted by atomic mass is 16.3. The van der Waals surface area contributed by atoms with Gasteiger partial charge in [-0.05, 0) is 49.7 Å². The van der Waals surface area contributed by atoms with Gasteiger partial charge in [-0.3, -0.25) is 4.98 Å². The van der Waals surface area contributed by atoms with E-state index < -0.39 is 0 Å². The molecular formula is C17H28N2O. The third kappa shape index (κ3) is 3.95. The summed E-state index contributed by atoms with van der Waals surface area (Å²) in [6.45, 7) is 8.29. The molecule has 0 radical (unpaired) electrons. The van der Waals surface area contributed by atoms with Gasteiger partial charge >= 0.3 is 0 Å². The van der Waals surface area contributed by atoms with Gasteiger partial charge in [0.2, 0.25) is 0 Å². The van der Waals surface area contributed by atoms with E-state index in [0.29, 0.717) is 17.7 Å². The van der Waals surface area contributed by atoms with E-state index in [4.69, 9.17) is 0 Å². The Labute approximate surface area is 122 Å². The van der Waals surface area contributed by atoms with Crippen LogP contribution >= 0.6 is 0 Å². The molecule has 20 heavy (non-hydrogen) atoms. The molecule has 0 aromatic carbocycles. The van der Waals surface area contributed by atoms with Gasteiger partial charge in [0.05, 0.1) is 5.69 Å². The molecule has 1 aromatic heterocycles. The first kappa shape index (κ1) is 15.3. The SMILES string of the molecule is Cc1ccc(O)c(CNCC2(CC(C)C)CCCC2)n1. The molecule has 2 rings (SSSR count). The Hall–Kier alpha value is -1.09. The molecular weight excluding hydrogens is 248 g/mol. The van der Waals surface area contributed by atoms with E-state index in [-0.39, 0.29) is 0 Å². The van der Waals surface area contributed by atoms with E-state index in [1.54, 1.807) is 6.07 Å². The first-order valence-corrected chi connectivity index (χ1v) is 7.87. The predicted molar refractivity (Wildman–Crippen MR) is 82.7 cm³/mol. The topological polar surface area (TPSA) is 45.1 Å². The average Bonchev–Trinajstić information content (AvgIpc) is 2.81. The summed E-state index contributed by atoms with van der Waals surface area (Å²) in [7, 11) is 0. The summed E-state index contributed by atoms with van der Waals surface area (Å²) in [6.07, 6.45) is 6.70. The Kier molecular flexibility index (Phi) is 5.03. The number of aromatic hydroxyl groups is 1. The maximum absolute atomic E-state index is 9.83. The van der Waals surface area contributed by atoms with Crippen molar-refractivity contribution in [2.24, 2.45) is 11.3 Å². The minimum atomic E-state index is 0.299. The van der Waals surface area contributed by atoms with Crippen molar-refractivity contribution >= 4 is 0 Å². The van der Waals surface area contributed by atoms with Crippen LogP contribution in [0.25, 0.3) is 0 Å². The van der Waals surface area contributed by atoms with E-state index in [1.165, 1.54) is 32.1 Å². The number of hydrogen-bond donors (Lipinski definition) is 2. The van der Waals surface area contributed by atoms with Gasteiger partial charge in [-0.1, -0.05) is 26.7 Å². The van der Waals surface area contributed by atoms with E-state index in [0.717, 1.165) is 23.9 Å². The largest absolute Gasteiger partial charge is 0.506 e. The number of aromatic nitrogens is 1. The van der Waals surface area contributed by atoms with Crippen molar-refractivity contribution in [3.05, 3.63) is 23.5 Å². The lowest BCUT2D eigenvalue weighted by molar-refractivity contribution is 0.223. The lowest BCUT2D eigenvalue weighted by atomic mass is 9.78. The molecule has 1 aromatic rings. The molecule has 0 atom stereocenters. The summed E-state index contributed by atoms with van der Waals surface area (Å²) in [6, 6.07) is 3.58. The molecule has 1 saturated carbocycles. The standard InChI is InChI=1S/C17H28N2O/c1-13(2)10-17(8-4-5-9-17)12-18-11-15-16(20)7-6-14(3)19-15/h6-7,13,18,20H,4-5,8-12H2,1-3H3. The van der Waals surface area contributed by atoms with Gasteiger partial charge in [-0.25, -0.2) is 0 Å². The molecule has 3 heteroatoms. The van der Waals surface area contributed by atoms with Crippen molar-refractivity contribution in [3.63, 3.8) is 0 Å². The molecule has 0 bridgehead atoms. The highest BCUT2D eigenvalue weighted by Gasteiger charge is 2.33. The average molecular weight is 276 g/mol. The molecule has 1 aliphatic carbocycles. The fraction of sp³-hybridized carbons (Fsp3) is 0.706. The third-order valence-corrected chi connectivity index (χ3v) is 4.39. The predicted octanol–water partition coefficient (Wildman–Crippen LogP) is 3.79.